The molecule has 1 atom stereocenters. The highest BCUT2D eigenvalue weighted by Gasteiger charge is 2.17. The Hall–Kier alpha value is -2.17. The van der Waals surface area contributed by atoms with Gasteiger partial charge in [0.2, 0.25) is 0 Å². The average molecular weight is 314 g/mol. The molecule has 3 rings (SSSR count). The van der Waals surface area contributed by atoms with Crippen LogP contribution in [0, 0.1) is 5.92 Å². The summed E-state index contributed by atoms with van der Waals surface area (Å²) in [4.78, 5) is 10.1. The highest BCUT2D eigenvalue weighted by molar-refractivity contribution is 5.89. The lowest BCUT2D eigenvalue weighted by Gasteiger charge is -2.31. The van der Waals surface area contributed by atoms with Crippen LogP contribution < -0.4 is 10.5 Å². The van der Waals surface area contributed by atoms with Crippen molar-refractivity contribution in [1.29, 1.82) is 0 Å². The van der Waals surface area contributed by atoms with Crippen molar-refractivity contribution in [3.8, 4) is 5.75 Å². The Morgan fingerprint density at radius 3 is 3.13 bits per heavy atom. The summed E-state index contributed by atoms with van der Waals surface area (Å²) in [6, 6.07) is 6.05. The van der Waals surface area contributed by atoms with Gasteiger partial charge in [-0.05, 0) is 42.9 Å². The van der Waals surface area contributed by atoms with Crippen LogP contribution in [0.15, 0.2) is 29.4 Å². The second-order valence-electron chi connectivity index (χ2n) is 6.38. The molecule has 1 aromatic carbocycles. The smallest absolute Gasteiger partial charge is 0.191 e. The van der Waals surface area contributed by atoms with Crippen molar-refractivity contribution < 1.29 is 4.74 Å². The zero-order valence-corrected chi connectivity index (χ0v) is 14.0. The number of nitrogens with two attached hydrogens (primary N) is 1. The first-order valence-electron chi connectivity index (χ1n) is 8.37. The van der Waals surface area contributed by atoms with Gasteiger partial charge < -0.3 is 20.4 Å². The third-order valence-corrected chi connectivity index (χ3v) is 4.61. The van der Waals surface area contributed by atoms with Gasteiger partial charge in [0.1, 0.15) is 5.75 Å². The summed E-state index contributed by atoms with van der Waals surface area (Å²) in [7, 11) is 1.71. The molecule has 0 radical (unpaired) electrons. The summed E-state index contributed by atoms with van der Waals surface area (Å²) in [6.07, 6.45) is 5.39. The van der Waals surface area contributed by atoms with Gasteiger partial charge in [-0.25, -0.2) is 0 Å². The predicted molar refractivity (Wildman–Crippen MR) is 95.0 cm³/mol. The molecule has 1 unspecified atom stereocenters. The minimum atomic E-state index is 0.684. The van der Waals surface area contributed by atoms with E-state index in [1.807, 2.05) is 18.3 Å². The van der Waals surface area contributed by atoms with Crippen LogP contribution in [-0.2, 0) is 6.42 Å². The van der Waals surface area contributed by atoms with Gasteiger partial charge in [-0.1, -0.05) is 13.0 Å². The topological polar surface area (TPSA) is 66.6 Å². The molecule has 23 heavy (non-hydrogen) atoms. The minimum Gasteiger partial charge on any atom is -0.496 e. The fraction of sp³-hybridized carbons (Fsp3) is 0.500. The van der Waals surface area contributed by atoms with Crippen LogP contribution >= 0.6 is 0 Å². The second-order valence-corrected chi connectivity index (χ2v) is 6.38. The number of hydrogen-bond acceptors (Lipinski definition) is 2. The van der Waals surface area contributed by atoms with Crippen molar-refractivity contribution in [2.75, 3.05) is 26.7 Å². The summed E-state index contributed by atoms with van der Waals surface area (Å²) >= 11 is 0. The number of ether oxygens (including phenoxy) is 1. The number of aromatic amines is 1. The highest BCUT2D eigenvalue weighted by atomic mass is 16.5. The molecule has 1 saturated heterocycles. The Kier molecular flexibility index (Phi) is 4.74. The third kappa shape index (κ3) is 3.44. The number of benzene rings is 1. The van der Waals surface area contributed by atoms with Crippen molar-refractivity contribution in [2.24, 2.45) is 16.6 Å². The Balaban J connectivity index is 1.67. The first-order valence-corrected chi connectivity index (χ1v) is 8.37. The lowest BCUT2D eigenvalue weighted by atomic mass is 10.0. The molecule has 0 saturated carbocycles. The van der Waals surface area contributed by atoms with E-state index in [-0.39, 0.29) is 0 Å². The fourth-order valence-corrected chi connectivity index (χ4v) is 3.38. The van der Waals surface area contributed by atoms with Crippen LogP contribution in [0.1, 0.15) is 25.3 Å². The standard InChI is InChI=1S/C18H26N4O/c1-13-5-4-10-22(12-13)18(19)20-9-8-14-11-21-15-6-3-7-16(23-2)17(14)15/h3,6-7,11,13,21H,4-5,8-10,12H2,1-2H3,(H2,19,20). The normalized spacial score (nSPS) is 19.3. The molecule has 0 spiro atoms. The molecule has 2 aromatic rings. The van der Waals surface area contributed by atoms with Gasteiger partial charge >= 0.3 is 0 Å². The van der Waals surface area contributed by atoms with E-state index < -0.39 is 0 Å². The number of aliphatic imine (C=N–C) groups is 1. The van der Waals surface area contributed by atoms with Gasteiger partial charge in [0.05, 0.1) is 7.11 Å². The van der Waals surface area contributed by atoms with Gasteiger partial charge in [0.25, 0.3) is 0 Å². The van der Waals surface area contributed by atoms with Crippen molar-refractivity contribution >= 4 is 16.9 Å². The molecule has 5 nitrogen and oxygen atoms in total. The van der Waals surface area contributed by atoms with E-state index in [1.54, 1.807) is 7.11 Å². The average Bonchev–Trinajstić information content (AvgIpc) is 2.98. The summed E-state index contributed by atoms with van der Waals surface area (Å²) in [5.41, 5.74) is 8.48. The molecule has 0 aliphatic carbocycles. The van der Waals surface area contributed by atoms with Crippen molar-refractivity contribution in [2.45, 2.75) is 26.2 Å². The van der Waals surface area contributed by atoms with Gasteiger partial charge in [0, 0.05) is 36.7 Å². The Labute approximate surface area is 137 Å². The number of rotatable bonds is 4. The van der Waals surface area contributed by atoms with Crippen LogP contribution in [0.3, 0.4) is 0 Å². The number of guanidine groups is 1. The van der Waals surface area contributed by atoms with Crippen LogP contribution in [-0.4, -0.2) is 42.6 Å². The number of H-pyrrole nitrogens is 1. The zero-order valence-electron chi connectivity index (χ0n) is 14.0. The Bertz CT molecular complexity index is 691. The fourth-order valence-electron chi connectivity index (χ4n) is 3.38. The Morgan fingerprint density at radius 2 is 2.35 bits per heavy atom. The number of nitrogens with one attached hydrogen (secondary N) is 1. The van der Waals surface area contributed by atoms with E-state index in [2.05, 4.69) is 27.9 Å². The van der Waals surface area contributed by atoms with Crippen LogP contribution in [0.4, 0.5) is 0 Å². The molecule has 5 heteroatoms. The number of hydrogen-bond donors (Lipinski definition) is 2. The van der Waals surface area contributed by atoms with Gasteiger partial charge in [0.15, 0.2) is 5.96 Å². The maximum atomic E-state index is 6.16. The zero-order chi connectivity index (χ0) is 16.2. The van der Waals surface area contributed by atoms with E-state index in [4.69, 9.17) is 10.5 Å². The molecule has 0 bridgehead atoms. The molecule has 1 aliphatic rings. The van der Waals surface area contributed by atoms with Crippen molar-refractivity contribution in [3.05, 3.63) is 30.0 Å². The molecule has 2 heterocycles. The second kappa shape index (κ2) is 6.94. The van der Waals surface area contributed by atoms with E-state index >= 15 is 0 Å². The molecule has 1 aromatic heterocycles. The first-order chi connectivity index (χ1) is 11.2. The Morgan fingerprint density at radius 1 is 1.48 bits per heavy atom. The van der Waals surface area contributed by atoms with E-state index in [9.17, 15) is 0 Å². The molecule has 1 aliphatic heterocycles. The highest BCUT2D eigenvalue weighted by Crippen LogP contribution is 2.28. The molecule has 3 N–H and O–H groups in total. The summed E-state index contributed by atoms with van der Waals surface area (Å²) in [5, 5.41) is 1.15. The quantitative estimate of drug-likeness (QED) is 0.673. The van der Waals surface area contributed by atoms with Crippen molar-refractivity contribution in [3.63, 3.8) is 0 Å². The number of likely N-dealkylation sites (tertiary alicyclic amines) is 1. The number of aromatic nitrogens is 1. The van der Waals surface area contributed by atoms with E-state index in [1.165, 1.54) is 18.4 Å². The summed E-state index contributed by atoms with van der Waals surface area (Å²) in [6.45, 7) is 5.02. The van der Waals surface area contributed by atoms with Crippen LogP contribution in [0.25, 0.3) is 10.9 Å². The lowest BCUT2D eigenvalue weighted by Crippen LogP contribution is -2.43. The third-order valence-electron chi connectivity index (χ3n) is 4.61. The van der Waals surface area contributed by atoms with Gasteiger partial charge in [-0.15, -0.1) is 0 Å². The van der Waals surface area contributed by atoms with Crippen LogP contribution in [0.5, 0.6) is 5.75 Å². The summed E-state index contributed by atoms with van der Waals surface area (Å²) < 4.78 is 5.47. The van der Waals surface area contributed by atoms with E-state index in [0.29, 0.717) is 18.4 Å². The maximum absolute atomic E-state index is 6.16. The van der Waals surface area contributed by atoms with Crippen LogP contribution in [0.2, 0.25) is 0 Å². The first kappa shape index (κ1) is 15.7. The molecular formula is C18H26N4O. The largest absolute Gasteiger partial charge is 0.496 e. The van der Waals surface area contributed by atoms with Gasteiger partial charge in [-0.2, -0.15) is 0 Å². The molecular weight excluding hydrogens is 288 g/mol. The van der Waals surface area contributed by atoms with E-state index in [0.717, 1.165) is 36.2 Å². The predicted octanol–water partition coefficient (Wildman–Crippen LogP) is 2.77. The number of piperidine rings is 1. The van der Waals surface area contributed by atoms with Gasteiger partial charge in [-0.3, -0.25) is 4.99 Å². The molecule has 124 valence electrons. The monoisotopic (exact) mass is 314 g/mol. The molecule has 0 amide bonds. The minimum absolute atomic E-state index is 0.684. The molecule has 1 fully saturated rings. The number of fused-ring (bicyclic) bond motifs is 1. The van der Waals surface area contributed by atoms with Crippen molar-refractivity contribution in [1.82, 2.24) is 9.88 Å². The SMILES string of the molecule is COc1cccc2[nH]cc(CCN=C(N)N3CCCC(C)C3)c12. The number of nitrogens with zero attached hydrogens (tertiary/aromatic N) is 2. The summed E-state index contributed by atoms with van der Waals surface area (Å²) in [5.74, 6) is 2.29. The lowest BCUT2D eigenvalue weighted by molar-refractivity contribution is 0.270. The number of methoxy groups -OCH3 is 1. The maximum Gasteiger partial charge on any atom is 0.191 e.